The Morgan fingerprint density at radius 1 is 0.811 bits per heavy atom. The maximum Gasteiger partial charge on any atom is 0.303 e. The van der Waals surface area contributed by atoms with Crippen molar-refractivity contribution in [2.75, 3.05) is 53.5 Å². The highest BCUT2D eigenvalue weighted by Crippen LogP contribution is 2.67. The summed E-state index contributed by atoms with van der Waals surface area (Å²) in [4.78, 5) is 12.4. The van der Waals surface area contributed by atoms with Gasteiger partial charge in [-0.3, -0.25) is 4.79 Å². The van der Waals surface area contributed by atoms with Gasteiger partial charge in [-0.1, -0.05) is 13.8 Å². The number of rotatable bonds is 3. The number of piperidine rings is 1. The fraction of sp³-hybridized carbons (Fsp3) is 0.969. The number of carbonyl (C=O) groups excluding carboxylic acids is 1. The fourth-order valence-corrected chi connectivity index (χ4v) is 11.4. The van der Waals surface area contributed by atoms with Gasteiger partial charge in [0.05, 0.1) is 46.4 Å². The minimum atomic E-state index is -0.0813. The molecule has 0 aromatic heterocycles. The number of carbonyl (C=O) groups is 1. The van der Waals surface area contributed by atoms with Crippen LogP contribution in [0.1, 0.15) is 91.4 Å². The van der Waals surface area contributed by atoms with Crippen LogP contribution >= 0.6 is 0 Å². The van der Waals surface area contributed by atoms with E-state index in [0.29, 0.717) is 17.4 Å². The maximum atomic E-state index is 12.4. The highest BCUT2D eigenvalue weighted by molar-refractivity contribution is 5.66. The van der Waals surface area contributed by atoms with Crippen molar-refractivity contribution in [3.8, 4) is 0 Å². The first kappa shape index (κ1) is 26.6. The summed E-state index contributed by atoms with van der Waals surface area (Å²) >= 11 is 0. The zero-order valence-electron chi connectivity index (χ0n) is 24.7. The van der Waals surface area contributed by atoms with Crippen LogP contribution in [0.5, 0.6) is 0 Å². The molecule has 9 atom stereocenters. The van der Waals surface area contributed by atoms with Crippen LogP contribution in [0, 0.1) is 34.5 Å². The third-order valence-corrected chi connectivity index (χ3v) is 13.9. The Labute approximate surface area is 226 Å². The topological polar surface area (TPSA) is 35.5 Å². The van der Waals surface area contributed by atoms with E-state index in [-0.39, 0.29) is 17.5 Å². The van der Waals surface area contributed by atoms with Crippen LogP contribution in [0.15, 0.2) is 0 Å². The number of hydrogen-bond donors (Lipinski definition) is 0. The number of morpholine rings is 1. The zero-order valence-corrected chi connectivity index (χ0v) is 24.7. The van der Waals surface area contributed by atoms with Crippen LogP contribution in [-0.2, 0) is 14.3 Å². The number of likely N-dealkylation sites (tertiary alicyclic amines) is 1. The van der Waals surface area contributed by atoms with E-state index in [9.17, 15) is 4.79 Å². The van der Waals surface area contributed by atoms with Crippen LogP contribution in [-0.4, -0.2) is 86.6 Å². The van der Waals surface area contributed by atoms with Gasteiger partial charge in [-0.2, -0.15) is 0 Å². The fourth-order valence-electron chi connectivity index (χ4n) is 11.4. The van der Waals surface area contributed by atoms with E-state index >= 15 is 0 Å². The van der Waals surface area contributed by atoms with Crippen LogP contribution in [0.2, 0.25) is 0 Å². The lowest BCUT2D eigenvalue weighted by Crippen LogP contribution is -2.62. The molecule has 0 aromatic carbocycles. The summed E-state index contributed by atoms with van der Waals surface area (Å²) in [6.45, 7) is 13.5. The average Bonchev–Trinajstić information content (AvgIpc) is 3.17. The molecule has 6 fully saturated rings. The molecule has 4 aliphatic carbocycles. The van der Waals surface area contributed by atoms with Gasteiger partial charge in [0, 0.05) is 25.2 Å². The van der Waals surface area contributed by atoms with Crippen molar-refractivity contribution in [3.05, 3.63) is 0 Å². The molecule has 0 amide bonds. The number of fused-ring (bicyclic) bond motifs is 5. The number of ether oxygens (including phenoxy) is 2. The van der Waals surface area contributed by atoms with E-state index in [1.54, 1.807) is 6.92 Å². The number of likely N-dealkylation sites (N-methyl/N-ethyl adjacent to an activating group) is 1. The predicted molar refractivity (Wildman–Crippen MR) is 147 cm³/mol. The first-order valence-corrected chi connectivity index (χ1v) is 16.0. The Balaban J connectivity index is 1.24. The Morgan fingerprint density at radius 3 is 2.22 bits per heavy atom. The van der Waals surface area contributed by atoms with Gasteiger partial charge < -0.3 is 18.4 Å². The summed E-state index contributed by atoms with van der Waals surface area (Å²) in [5.41, 5.74) is 0.645. The largest absolute Gasteiger partial charge is 0.456 e. The summed E-state index contributed by atoms with van der Waals surface area (Å²) in [5, 5.41) is 0. The molecule has 0 N–H and O–H groups in total. The van der Waals surface area contributed by atoms with Gasteiger partial charge in [-0.05, 0) is 86.9 Å². The van der Waals surface area contributed by atoms with Crippen molar-refractivity contribution in [1.29, 1.82) is 0 Å². The molecule has 5 heteroatoms. The minimum Gasteiger partial charge on any atom is -0.456 e. The summed E-state index contributed by atoms with van der Waals surface area (Å²) < 4.78 is 14.5. The lowest BCUT2D eigenvalue weighted by Gasteiger charge is -2.61. The summed E-state index contributed by atoms with van der Waals surface area (Å²) in [6.07, 6.45) is 15.4. The van der Waals surface area contributed by atoms with Crippen molar-refractivity contribution < 1.29 is 23.2 Å². The quantitative estimate of drug-likeness (QED) is 0.371. The molecule has 5 nitrogen and oxygen atoms in total. The standard InChI is InChI=1S/C32H56N2O3/c1-23(35)37-30-29(34(5)17-19-36-20-18-34)22-28-26-10-9-24-21-25(33(4)15-7-6-8-16-33)11-13-31(24,2)27(26)12-14-32(28,30)3/h24-30H,6-22H2,1-5H3/q+2/t24-,25-,26+,27-,28-,29-,30-,31-,32-/m0/s1. The number of hydrogen-bond acceptors (Lipinski definition) is 3. The van der Waals surface area contributed by atoms with Gasteiger partial charge in [0.2, 0.25) is 0 Å². The molecule has 2 saturated heterocycles. The predicted octanol–water partition coefficient (Wildman–Crippen LogP) is 5.42. The average molecular weight is 517 g/mol. The first-order valence-electron chi connectivity index (χ1n) is 16.0. The Morgan fingerprint density at radius 2 is 1.51 bits per heavy atom. The highest BCUT2D eigenvalue weighted by atomic mass is 16.5. The molecule has 2 aliphatic heterocycles. The SMILES string of the molecule is CC(=O)O[C@H]1[C@@H]([N+]2(C)CCOCC2)C[C@H]2[C@@H]3CC[C@H]4C[C@@H]([N+]5(C)CCCCC5)CC[C@]4(C)[C@H]3CC[C@@]21C. The second-order valence-electron chi connectivity index (χ2n) is 15.5. The lowest BCUT2D eigenvalue weighted by molar-refractivity contribution is -0.942. The first-order chi connectivity index (χ1) is 17.6. The second-order valence-corrected chi connectivity index (χ2v) is 15.5. The maximum absolute atomic E-state index is 12.4. The van der Waals surface area contributed by atoms with E-state index in [0.717, 1.165) is 54.6 Å². The van der Waals surface area contributed by atoms with Crippen LogP contribution in [0.25, 0.3) is 0 Å². The van der Waals surface area contributed by atoms with Crippen LogP contribution < -0.4 is 0 Å². The van der Waals surface area contributed by atoms with Crippen molar-refractivity contribution >= 4 is 5.97 Å². The number of nitrogens with zero attached hydrogens (tertiary/aromatic N) is 2. The number of quaternary nitrogens is 2. The summed E-state index contributed by atoms with van der Waals surface area (Å²) in [6, 6.07) is 1.32. The molecule has 0 radical (unpaired) electrons. The van der Waals surface area contributed by atoms with Gasteiger partial charge in [0.25, 0.3) is 0 Å². The molecule has 4 saturated carbocycles. The molecule has 2 heterocycles. The van der Waals surface area contributed by atoms with E-state index < -0.39 is 0 Å². The van der Waals surface area contributed by atoms with Crippen molar-refractivity contribution in [2.24, 2.45) is 34.5 Å². The number of esters is 1. The van der Waals surface area contributed by atoms with E-state index in [2.05, 4.69) is 27.9 Å². The van der Waals surface area contributed by atoms with E-state index in [1.807, 2.05) is 0 Å². The second kappa shape index (κ2) is 9.47. The molecular weight excluding hydrogens is 460 g/mol. The third-order valence-electron chi connectivity index (χ3n) is 13.9. The summed E-state index contributed by atoms with van der Waals surface area (Å²) in [7, 11) is 5.01. The normalized spacial score (nSPS) is 48.8. The van der Waals surface area contributed by atoms with E-state index in [4.69, 9.17) is 9.47 Å². The van der Waals surface area contributed by atoms with Gasteiger partial charge >= 0.3 is 5.97 Å². The Kier molecular flexibility index (Phi) is 6.80. The molecular formula is C32H56N2O3+2. The zero-order chi connectivity index (χ0) is 26.1. The van der Waals surface area contributed by atoms with Crippen molar-refractivity contribution in [3.63, 3.8) is 0 Å². The molecule has 0 unspecified atom stereocenters. The molecule has 0 bridgehead atoms. The smallest absolute Gasteiger partial charge is 0.303 e. The van der Waals surface area contributed by atoms with Crippen molar-refractivity contribution in [1.82, 2.24) is 0 Å². The molecule has 6 rings (SSSR count). The Bertz CT molecular complexity index is 864. The van der Waals surface area contributed by atoms with Gasteiger partial charge in [-0.15, -0.1) is 0 Å². The van der Waals surface area contributed by atoms with Gasteiger partial charge in [0.15, 0.2) is 6.10 Å². The lowest BCUT2D eigenvalue weighted by atomic mass is 9.45. The molecule has 0 spiro atoms. The van der Waals surface area contributed by atoms with Crippen LogP contribution in [0.3, 0.4) is 0 Å². The third kappa shape index (κ3) is 4.24. The highest BCUT2D eigenvalue weighted by Gasteiger charge is 2.67. The minimum absolute atomic E-state index is 0.0591. The van der Waals surface area contributed by atoms with Crippen molar-refractivity contribution in [2.45, 2.75) is 110 Å². The monoisotopic (exact) mass is 516 g/mol. The summed E-state index contributed by atoms with van der Waals surface area (Å²) in [5.74, 6) is 3.21. The van der Waals surface area contributed by atoms with Crippen LogP contribution in [0.4, 0.5) is 0 Å². The Hall–Kier alpha value is -0.650. The van der Waals surface area contributed by atoms with E-state index in [1.165, 1.54) is 88.2 Å². The molecule has 37 heavy (non-hydrogen) atoms. The molecule has 210 valence electrons. The van der Waals surface area contributed by atoms with Gasteiger partial charge in [-0.25, -0.2) is 0 Å². The molecule has 0 aromatic rings. The van der Waals surface area contributed by atoms with Gasteiger partial charge in [0.1, 0.15) is 19.1 Å². The molecule has 6 aliphatic rings.